The van der Waals surface area contributed by atoms with Gasteiger partial charge in [-0.25, -0.2) is 9.61 Å². The molecule has 0 fully saturated rings. The molecule has 2 aromatic heterocycles. The van der Waals surface area contributed by atoms with Gasteiger partial charge in [0.2, 0.25) is 5.91 Å². The first-order valence-electron chi connectivity index (χ1n) is 8.12. The van der Waals surface area contributed by atoms with Crippen LogP contribution in [0.2, 0.25) is 0 Å². The number of nitrogen functional groups attached to an aromatic ring is 1. The molecule has 0 bridgehead atoms. The molecular formula is C18H15BrN6O2. The molecule has 2 aromatic carbocycles. The van der Waals surface area contributed by atoms with Gasteiger partial charge in [-0.2, -0.15) is 0 Å². The Labute approximate surface area is 162 Å². The molecule has 0 aliphatic carbocycles. The predicted molar refractivity (Wildman–Crippen MR) is 105 cm³/mol. The normalized spacial score (nSPS) is 11.0. The third kappa shape index (κ3) is 3.41. The highest BCUT2D eigenvalue weighted by Gasteiger charge is 2.20. The minimum Gasteiger partial charge on any atom is -0.379 e. The lowest BCUT2D eigenvalue weighted by molar-refractivity contribution is -0.116. The predicted octanol–water partition coefficient (Wildman–Crippen LogP) is 3.38. The first-order chi connectivity index (χ1) is 13.0. The molecule has 0 radical (unpaired) electrons. The largest absolute Gasteiger partial charge is 0.379 e. The number of nitrogens with zero attached hydrogens (tertiary/aromatic N) is 4. The number of benzene rings is 2. The Kier molecular flexibility index (Phi) is 4.36. The summed E-state index contributed by atoms with van der Waals surface area (Å²) in [5.41, 5.74) is 9.38. The quantitative estimate of drug-likeness (QED) is 0.517. The van der Waals surface area contributed by atoms with Crippen molar-refractivity contribution < 1.29 is 9.42 Å². The molecule has 1 amide bonds. The summed E-state index contributed by atoms with van der Waals surface area (Å²) in [7, 11) is 0. The molecule has 9 heteroatoms. The van der Waals surface area contributed by atoms with Gasteiger partial charge in [-0.15, -0.1) is 0 Å². The number of hydrogen-bond acceptors (Lipinski definition) is 6. The zero-order chi connectivity index (χ0) is 19.0. The van der Waals surface area contributed by atoms with E-state index in [1.165, 1.54) is 0 Å². The Morgan fingerprint density at radius 3 is 2.81 bits per heavy atom. The summed E-state index contributed by atoms with van der Waals surface area (Å²) in [5.74, 6) is 0.344. The van der Waals surface area contributed by atoms with Crippen molar-refractivity contribution in [2.45, 2.75) is 13.5 Å². The molecule has 0 spiro atoms. The number of aromatic nitrogens is 4. The summed E-state index contributed by atoms with van der Waals surface area (Å²) < 4.78 is 7.33. The summed E-state index contributed by atoms with van der Waals surface area (Å²) in [6.45, 7) is 2.00. The van der Waals surface area contributed by atoms with E-state index in [-0.39, 0.29) is 18.3 Å². The third-order valence-corrected chi connectivity index (χ3v) is 4.47. The lowest BCUT2D eigenvalue weighted by Crippen LogP contribution is -2.19. The molecule has 0 saturated heterocycles. The lowest BCUT2D eigenvalue weighted by Gasteiger charge is -2.10. The number of aryl methyl sites for hydroxylation is 1. The van der Waals surface area contributed by atoms with Gasteiger partial charge >= 0.3 is 0 Å². The Bertz CT molecular complexity index is 1130. The maximum Gasteiger partial charge on any atom is 0.244 e. The molecule has 4 rings (SSSR count). The Morgan fingerprint density at radius 2 is 2.07 bits per heavy atom. The highest BCUT2D eigenvalue weighted by Crippen LogP contribution is 2.26. The van der Waals surface area contributed by atoms with E-state index in [0.29, 0.717) is 17.2 Å². The third-order valence-electron chi connectivity index (χ3n) is 4.01. The van der Waals surface area contributed by atoms with Gasteiger partial charge in [-0.05, 0) is 53.1 Å². The van der Waals surface area contributed by atoms with Crippen molar-refractivity contribution in [3.63, 3.8) is 0 Å². The van der Waals surface area contributed by atoms with E-state index >= 15 is 0 Å². The number of nitrogens with one attached hydrogen (secondary N) is 1. The van der Waals surface area contributed by atoms with E-state index < -0.39 is 0 Å². The van der Waals surface area contributed by atoms with Gasteiger partial charge in [0.1, 0.15) is 6.54 Å². The Hall–Kier alpha value is -3.20. The van der Waals surface area contributed by atoms with Gasteiger partial charge in [0.25, 0.3) is 0 Å². The molecule has 0 saturated carbocycles. The molecule has 136 valence electrons. The van der Waals surface area contributed by atoms with Crippen LogP contribution in [-0.4, -0.2) is 25.8 Å². The van der Waals surface area contributed by atoms with Crippen LogP contribution in [0.25, 0.3) is 22.6 Å². The molecule has 0 atom stereocenters. The van der Waals surface area contributed by atoms with Crippen LogP contribution in [0.1, 0.15) is 5.56 Å². The smallest absolute Gasteiger partial charge is 0.244 e. The molecule has 8 nitrogen and oxygen atoms in total. The van der Waals surface area contributed by atoms with Crippen LogP contribution in [0.5, 0.6) is 0 Å². The van der Waals surface area contributed by atoms with E-state index in [4.69, 9.17) is 10.4 Å². The van der Waals surface area contributed by atoms with Crippen LogP contribution >= 0.6 is 15.9 Å². The van der Waals surface area contributed by atoms with Gasteiger partial charge in [-0.3, -0.25) is 4.79 Å². The highest BCUT2D eigenvalue weighted by molar-refractivity contribution is 9.10. The minimum absolute atomic E-state index is 0.0354. The second-order valence-corrected chi connectivity index (χ2v) is 6.99. The number of hydrogen-bond donors (Lipinski definition) is 2. The second-order valence-electron chi connectivity index (χ2n) is 6.07. The van der Waals surface area contributed by atoms with Crippen molar-refractivity contribution in [1.82, 2.24) is 19.9 Å². The van der Waals surface area contributed by atoms with Crippen molar-refractivity contribution in [2.24, 2.45) is 0 Å². The van der Waals surface area contributed by atoms with Crippen molar-refractivity contribution >= 4 is 44.4 Å². The lowest BCUT2D eigenvalue weighted by atomic mass is 10.2. The standard InChI is InChI=1S/C18H15BrN6O2/c1-10-6-11(19)8-12(7-10)21-15(26)9-25-14-5-3-2-4-13(14)22-18(25)16-17(20)24-27-23-16/h2-8H,9H2,1H3,(H2,20,24)(H,21,26). The molecule has 0 aliphatic rings. The van der Waals surface area contributed by atoms with Crippen LogP contribution in [0.15, 0.2) is 51.6 Å². The maximum atomic E-state index is 12.7. The maximum absolute atomic E-state index is 12.7. The summed E-state index contributed by atoms with van der Waals surface area (Å²) in [6, 6.07) is 13.2. The van der Waals surface area contributed by atoms with E-state index in [1.807, 2.05) is 49.4 Å². The van der Waals surface area contributed by atoms with Crippen LogP contribution in [0.3, 0.4) is 0 Å². The average Bonchev–Trinajstić information content (AvgIpc) is 3.17. The van der Waals surface area contributed by atoms with Crippen LogP contribution in [-0.2, 0) is 11.3 Å². The van der Waals surface area contributed by atoms with Crippen LogP contribution in [0.4, 0.5) is 11.5 Å². The molecule has 3 N–H and O–H groups in total. The summed E-state index contributed by atoms with van der Waals surface area (Å²) in [5, 5.41) is 10.3. The Balaban J connectivity index is 1.70. The summed E-state index contributed by atoms with van der Waals surface area (Å²) >= 11 is 3.44. The number of amides is 1. The molecular weight excluding hydrogens is 412 g/mol. The topological polar surface area (TPSA) is 112 Å². The molecule has 4 aromatic rings. The van der Waals surface area contributed by atoms with E-state index in [9.17, 15) is 4.79 Å². The fraction of sp³-hybridized carbons (Fsp3) is 0.111. The van der Waals surface area contributed by atoms with Gasteiger partial charge in [-0.1, -0.05) is 28.1 Å². The number of fused-ring (bicyclic) bond motifs is 1. The number of rotatable bonds is 4. The fourth-order valence-corrected chi connectivity index (χ4v) is 3.53. The molecule has 2 heterocycles. The number of imidazole rings is 1. The number of carbonyl (C=O) groups is 1. The number of carbonyl (C=O) groups excluding carboxylic acids is 1. The van der Waals surface area contributed by atoms with Gasteiger partial charge < -0.3 is 15.6 Å². The van der Waals surface area contributed by atoms with Crippen molar-refractivity contribution in [2.75, 3.05) is 11.1 Å². The van der Waals surface area contributed by atoms with Crippen molar-refractivity contribution in [3.8, 4) is 11.5 Å². The van der Waals surface area contributed by atoms with Gasteiger partial charge in [0.05, 0.1) is 11.0 Å². The zero-order valence-corrected chi connectivity index (χ0v) is 15.9. The van der Waals surface area contributed by atoms with Crippen molar-refractivity contribution in [3.05, 3.63) is 52.5 Å². The van der Waals surface area contributed by atoms with E-state index in [1.54, 1.807) is 4.57 Å². The number of nitrogens with two attached hydrogens (primary N) is 1. The van der Waals surface area contributed by atoms with Crippen LogP contribution < -0.4 is 11.1 Å². The van der Waals surface area contributed by atoms with E-state index in [0.717, 1.165) is 21.1 Å². The zero-order valence-electron chi connectivity index (χ0n) is 14.3. The van der Waals surface area contributed by atoms with Crippen LogP contribution in [0, 0.1) is 6.92 Å². The highest BCUT2D eigenvalue weighted by atomic mass is 79.9. The first kappa shape index (κ1) is 17.2. The second kappa shape index (κ2) is 6.84. The summed E-state index contributed by atoms with van der Waals surface area (Å²) in [6.07, 6.45) is 0. The Morgan fingerprint density at radius 1 is 1.26 bits per heavy atom. The van der Waals surface area contributed by atoms with E-state index in [2.05, 4.69) is 36.5 Å². The number of anilines is 2. The molecule has 0 unspecified atom stereocenters. The monoisotopic (exact) mass is 426 g/mol. The SMILES string of the molecule is Cc1cc(Br)cc(NC(=O)Cn2c(-c3nonc3N)nc3ccccc32)c1. The average molecular weight is 427 g/mol. The van der Waals surface area contributed by atoms with Gasteiger partial charge in [0.15, 0.2) is 17.3 Å². The summed E-state index contributed by atoms with van der Waals surface area (Å²) in [4.78, 5) is 17.2. The minimum atomic E-state index is -0.202. The van der Waals surface area contributed by atoms with Gasteiger partial charge in [0, 0.05) is 10.2 Å². The first-order valence-corrected chi connectivity index (χ1v) is 8.91. The fourth-order valence-electron chi connectivity index (χ4n) is 2.92. The molecule has 0 aliphatic heterocycles. The number of para-hydroxylation sites is 2. The molecule has 27 heavy (non-hydrogen) atoms. The number of halogens is 1. The van der Waals surface area contributed by atoms with Crippen molar-refractivity contribution in [1.29, 1.82) is 0 Å².